The van der Waals surface area contributed by atoms with E-state index < -0.39 is 6.16 Å². The second kappa shape index (κ2) is 12.7. The molecule has 0 radical (unpaired) electrons. The molecule has 0 saturated heterocycles. The van der Waals surface area contributed by atoms with Crippen molar-refractivity contribution in [1.82, 2.24) is 0 Å². The summed E-state index contributed by atoms with van der Waals surface area (Å²) >= 11 is 0. The van der Waals surface area contributed by atoms with E-state index in [1.54, 1.807) is 19.4 Å². The summed E-state index contributed by atoms with van der Waals surface area (Å²) in [4.78, 5) is 10.2. The molecule has 4 nitrogen and oxygen atoms in total. The van der Waals surface area contributed by atoms with Crippen molar-refractivity contribution in [3.63, 3.8) is 0 Å². The maximum absolute atomic E-state index is 10.2. The Balaban J connectivity index is 0.000000392. The maximum atomic E-state index is 10.2. The Morgan fingerprint density at radius 2 is 1.69 bits per heavy atom. The average molecular weight is 505 g/mol. The van der Waals surface area contributed by atoms with Crippen LogP contribution in [0.3, 0.4) is 0 Å². The lowest BCUT2D eigenvalue weighted by molar-refractivity contribution is -0.0573. The van der Waals surface area contributed by atoms with Crippen LogP contribution in [0.15, 0.2) is 11.6 Å². The predicted octanol–water partition coefficient (Wildman–Crippen LogP) is 8.57. The first-order valence-electron chi connectivity index (χ1n) is 15.2. The number of aliphatic hydroxyl groups excluding tert-OH is 1. The Hall–Kier alpha value is -1.03. The molecule has 0 bridgehead atoms. The van der Waals surface area contributed by atoms with Gasteiger partial charge in [-0.15, -0.1) is 0 Å². The van der Waals surface area contributed by atoms with Gasteiger partial charge in [0, 0.05) is 0 Å². The number of carbonyl (C=O) groups excluding carboxylic acids is 1. The number of fused-ring (bicyclic) bond motifs is 5. The van der Waals surface area contributed by atoms with Crippen LogP contribution in [0.2, 0.25) is 0 Å². The molecule has 208 valence electrons. The minimum absolute atomic E-state index is 0.0766. The number of carbonyl (C=O) groups is 1. The van der Waals surface area contributed by atoms with E-state index in [0.29, 0.717) is 24.0 Å². The molecule has 4 rings (SSSR count). The van der Waals surface area contributed by atoms with Crippen LogP contribution >= 0.6 is 0 Å². The number of allylic oxidation sites excluding steroid dienone is 1. The Bertz CT molecular complexity index is 736. The van der Waals surface area contributed by atoms with E-state index >= 15 is 0 Å². The van der Waals surface area contributed by atoms with E-state index in [4.69, 9.17) is 0 Å². The summed E-state index contributed by atoms with van der Waals surface area (Å²) in [5.41, 5.74) is 2.60. The highest BCUT2D eigenvalue weighted by molar-refractivity contribution is 5.59. The third-order valence-electron chi connectivity index (χ3n) is 10.8. The SMILES string of the molecule is CC(C)CCC[C@@H](C)[C@H]1CC[C@H]2[C@@H]3CC=C4C[C@@H](O)CC[C@]4(C)[C@H]3CC[C@]12C.CCOC(=O)OCC. The number of hydrogen-bond acceptors (Lipinski definition) is 4. The Morgan fingerprint density at radius 1 is 1.00 bits per heavy atom. The van der Waals surface area contributed by atoms with Crippen molar-refractivity contribution in [3.8, 4) is 0 Å². The van der Waals surface area contributed by atoms with Crippen LogP contribution in [0.5, 0.6) is 0 Å². The average Bonchev–Trinajstić information content (AvgIpc) is 3.17. The fourth-order valence-corrected chi connectivity index (χ4v) is 8.94. The van der Waals surface area contributed by atoms with E-state index in [-0.39, 0.29) is 6.10 Å². The second-order valence-corrected chi connectivity index (χ2v) is 13.3. The van der Waals surface area contributed by atoms with E-state index in [9.17, 15) is 9.90 Å². The van der Waals surface area contributed by atoms with Gasteiger partial charge in [0.05, 0.1) is 19.3 Å². The highest BCUT2D eigenvalue weighted by Crippen LogP contribution is 2.67. The molecule has 36 heavy (non-hydrogen) atoms. The van der Waals surface area contributed by atoms with Crippen LogP contribution < -0.4 is 0 Å². The van der Waals surface area contributed by atoms with Gasteiger partial charge in [-0.3, -0.25) is 0 Å². The van der Waals surface area contributed by atoms with Gasteiger partial charge in [-0.2, -0.15) is 0 Å². The van der Waals surface area contributed by atoms with Crippen LogP contribution in [-0.4, -0.2) is 30.6 Å². The molecule has 4 heteroatoms. The van der Waals surface area contributed by atoms with Gasteiger partial charge in [-0.25, -0.2) is 4.79 Å². The van der Waals surface area contributed by atoms with Crippen LogP contribution in [0.25, 0.3) is 0 Å². The zero-order valence-electron chi connectivity index (χ0n) is 24.5. The van der Waals surface area contributed by atoms with Crippen molar-refractivity contribution >= 4 is 6.16 Å². The summed E-state index contributed by atoms with van der Waals surface area (Å²) in [6.45, 7) is 16.8. The van der Waals surface area contributed by atoms with Crippen molar-refractivity contribution in [1.29, 1.82) is 0 Å². The summed E-state index contributed by atoms with van der Waals surface area (Å²) in [6, 6.07) is 0. The summed E-state index contributed by atoms with van der Waals surface area (Å²) in [6.07, 6.45) is 16.6. The summed E-state index contributed by atoms with van der Waals surface area (Å²) in [7, 11) is 0. The highest BCUT2D eigenvalue weighted by Gasteiger charge is 2.59. The molecule has 3 saturated carbocycles. The molecule has 0 aromatic heterocycles. The molecule has 0 unspecified atom stereocenters. The first-order chi connectivity index (χ1) is 17.1. The van der Waals surface area contributed by atoms with E-state index in [2.05, 4.69) is 50.2 Å². The molecule has 0 aromatic rings. The summed E-state index contributed by atoms with van der Waals surface area (Å²) in [5.74, 6) is 5.46. The van der Waals surface area contributed by atoms with E-state index in [0.717, 1.165) is 48.3 Å². The smallest absolute Gasteiger partial charge is 0.435 e. The number of rotatable bonds is 7. The first-order valence-corrected chi connectivity index (χ1v) is 15.2. The summed E-state index contributed by atoms with van der Waals surface area (Å²) in [5, 5.41) is 10.2. The van der Waals surface area contributed by atoms with Gasteiger partial charge in [-0.05, 0) is 112 Å². The molecule has 1 N–H and O–H groups in total. The van der Waals surface area contributed by atoms with E-state index in [1.165, 1.54) is 57.8 Å². The molecule has 0 spiro atoms. The third-order valence-corrected chi connectivity index (χ3v) is 10.8. The maximum Gasteiger partial charge on any atom is 0.508 e. The van der Waals surface area contributed by atoms with Gasteiger partial charge in [0.1, 0.15) is 0 Å². The number of hydrogen-bond donors (Lipinski definition) is 1. The fourth-order valence-electron chi connectivity index (χ4n) is 8.94. The quantitative estimate of drug-likeness (QED) is 0.279. The minimum Gasteiger partial charge on any atom is -0.435 e. The largest absolute Gasteiger partial charge is 0.508 e. The first kappa shape index (κ1) is 29.5. The van der Waals surface area contributed by atoms with Crippen LogP contribution in [0, 0.1) is 46.3 Å². The predicted molar refractivity (Wildman–Crippen MR) is 148 cm³/mol. The number of ether oxygens (including phenoxy) is 2. The monoisotopic (exact) mass is 504 g/mol. The van der Waals surface area contributed by atoms with Gasteiger partial charge in [0.2, 0.25) is 0 Å². The van der Waals surface area contributed by atoms with Crippen LogP contribution in [0.4, 0.5) is 4.79 Å². The molecule has 3 fully saturated rings. The van der Waals surface area contributed by atoms with Gasteiger partial charge in [0.15, 0.2) is 0 Å². The molecule has 0 aromatic carbocycles. The third kappa shape index (κ3) is 6.33. The molecular formula is C32H56O4. The van der Waals surface area contributed by atoms with Gasteiger partial charge in [0.25, 0.3) is 0 Å². The summed E-state index contributed by atoms with van der Waals surface area (Å²) < 4.78 is 8.84. The van der Waals surface area contributed by atoms with Gasteiger partial charge >= 0.3 is 6.16 Å². The molecule has 4 aliphatic carbocycles. The molecular weight excluding hydrogens is 448 g/mol. The normalized spacial score (nSPS) is 38.0. The molecule has 8 atom stereocenters. The molecule has 0 aliphatic heterocycles. The Kier molecular flexibility index (Phi) is 10.4. The topological polar surface area (TPSA) is 55.8 Å². The van der Waals surface area contributed by atoms with Gasteiger partial charge < -0.3 is 14.6 Å². The van der Waals surface area contributed by atoms with Crippen molar-refractivity contribution in [2.75, 3.05) is 13.2 Å². The second-order valence-electron chi connectivity index (χ2n) is 13.3. The van der Waals surface area contributed by atoms with Crippen LogP contribution in [-0.2, 0) is 9.47 Å². The zero-order chi connectivity index (χ0) is 26.5. The van der Waals surface area contributed by atoms with Crippen molar-refractivity contribution < 1.29 is 19.4 Å². The lowest BCUT2D eigenvalue weighted by Crippen LogP contribution is -2.50. The fraction of sp³-hybridized carbons (Fsp3) is 0.906. The molecule has 0 amide bonds. The lowest BCUT2D eigenvalue weighted by atomic mass is 9.47. The Morgan fingerprint density at radius 3 is 2.33 bits per heavy atom. The van der Waals surface area contributed by atoms with Crippen molar-refractivity contribution in [2.45, 2.75) is 125 Å². The van der Waals surface area contributed by atoms with Crippen LogP contribution in [0.1, 0.15) is 119 Å². The molecule has 4 aliphatic rings. The Labute approximate surface area is 222 Å². The highest BCUT2D eigenvalue weighted by atomic mass is 16.7. The molecule has 0 heterocycles. The lowest BCUT2D eigenvalue weighted by Gasteiger charge is -2.58. The van der Waals surface area contributed by atoms with Crippen molar-refractivity contribution in [2.24, 2.45) is 46.3 Å². The minimum atomic E-state index is -0.588. The van der Waals surface area contributed by atoms with Crippen molar-refractivity contribution in [3.05, 3.63) is 11.6 Å². The zero-order valence-corrected chi connectivity index (χ0v) is 24.5. The van der Waals surface area contributed by atoms with Gasteiger partial charge in [-0.1, -0.05) is 65.5 Å². The van der Waals surface area contributed by atoms with E-state index in [1.807, 2.05) is 0 Å². The standard InChI is InChI=1S/C27H46O.C5H10O3/c1-18(2)7-6-8-19(3)23-11-12-24-22-10-9-20-17-21(28)13-15-26(20,4)25(22)14-16-27(23,24)5;1-3-7-5(6)8-4-2/h9,18-19,21-25,28H,6-8,10-17H2,1-5H3;3-4H2,1-2H3/t19-,21+,22+,23-,24+,25+,26+,27-;/m1./s1. The number of aliphatic hydroxyl groups is 1.